The predicted molar refractivity (Wildman–Crippen MR) is 80.3 cm³/mol. The number of hydrogen-bond donors (Lipinski definition) is 0. The van der Waals surface area contributed by atoms with E-state index in [0.29, 0.717) is 11.3 Å². The van der Waals surface area contributed by atoms with Crippen molar-refractivity contribution in [2.45, 2.75) is 19.9 Å². The third-order valence-corrected chi connectivity index (χ3v) is 3.63. The maximum absolute atomic E-state index is 12.6. The molecule has 110 valence electrons. The zero-order valence-electron chi connectivity index (χ0n) is 12.7. The summed E-state index contributed by atoms with van der Waals surface area (Å²) >= 11 is 0. The molecule has 2 aromatic rings. The second-order valence-electron chi connectivity index (χ2n) is 4.86. The molecule has 0 radical (unpaired) electrons. The summed E-state index contributed by atoms with van der Waals surface area (Å²) in [5, 5.41) is 0. The largest absolute Gasteiger partial charge is 0.496 e. The van der Waals surface area contributed by atoms with Gasteiger partial charge < -0.3 is 9.64 Å². The van der Waals surface area contributed by atoms with Gasteiger partial charge in [0, 0.05) is 18.8 Å². The molecule has 1 aromatic heterocycles. The van der Waals surface area contributed by atoms with Gasteiger partial charge in [-0.25, -0.2) is 9.97 Å². The highest BCUT2D eigenvalue weighted by Crippen LogP contribution is 2.29. The number of amides is 1. The van der Waals surface area contributed by atoms with Crippen LogP contribution in [0.3, 0.4) is 0 Å². The van der Waals surface area contributed by atoms with Gasteiger partial charge in [0.2, 0.25) is 0 Å². The smallest absolute Gasteiger partial charge is 0.257 e. The van der Waals surface area contributed by atoms with E-state index in [1.807, 2.05) is 31.2 Å². The van der Waals surface area contributed by atoms with Crippen molar-refractivity contribution in [3.8, 4) is 5.75 Å². The van der Waals surface area contributed by atoms with E-state index in [4.69, 9.17) is 4.74 Å². The average molecular weight is 285 g/mol. The van der Waals surface area contributed by atoms with Gasteiger partial charge in [-0.2, -0.15) is 0 Å². The molecule has 0 aliphatic carbocycles. The summed E-state index contributed by atoms with van der Waals surface area (Å²) in [5.41, 5.74) is 2.15. The second kappa shape index (κ2) is 6.35. The van der Waals surface area contributed by atoms with Crippen LogP contribution in [-0.2, 0) is 0 Å². The molecule has 0 saturated heterocycles. The van der Waals surface area contributed by atoms with E-state index in [2.05, 4.69) is 9.97 Å². The molecular formula is C16H19N3O2. The molecule has 0 bridgehead atoms. The fourth-order valence-corrected chi connectivity index (χ4v) is 2.19. The monoisotopic (exact) mass is 285 g/mol. The van der Waals surface area contributed by atoms with Crippen LogP contribution < -0.4 is 4.74 Å². The van der Waals surface area contributed by atoms with Gasteiger partial charge in [0.1, 0.15) is 12.1 Å². The summed E-state index contributed by atoms with van der Waals surface area (Å²) in [5.74, 6) is 0.664. The number of benzene rings is 1. The van der Waals surface area contributed by atoms with Crippen LogP contribution in [0.4, 0.5) is 0 Å². The fourth-order valence-electron chi connectivity index (χ4n) is 2.19. The molecule has 5 heteroatoms. The van der Waals surface area contributed by atoms with E-state index in [0.717, 1.165) is 11.3 Å². The van der Waals surface area contributed by atoms with Crippen LogP contribution >= 0.6 is 0 Å². The van der Waals surface area contributed by atoms with Crippen molar-refractivity contribution in [2.75, 3.05) is 14.2 Å². The molecule has 5 nitrogen and oxygen atoms in total. The Kier molecular flexibility index (Phi) is 4.52. The van der Waals surface area contributed by atoms with E-state index in [1.165, 1.54) is 6.33 Å². The highest BCUT2D eigenvalue weighted by Gasteiger charge is 2.22. The minimum absolute atomic E-state index is 0.105. The number of nitrogens with zero attached hydrogens (tertiary/aromatic N) is 3. The van der Waals surface area contributed by atoms with Gasteiger partial charge >= 0.3 is 0 Å². The van der Waals surface area contributed by atoms with Gasteiger partial charge in [0.25, 0.3) is 5.91 Å². The molecule has 1 unspecified atom stereocenters. The topological polar surface area (TPSA) is 55.3 Å². The van der Waals surface area contributed by atoms with Crippen molar-refractivity contribution < 1.29 is 9.53 Å². The number of carbonyl (C=O) groups excluding carboxylic acids is 1. The Bertz CT molecular complexity index is 643. The number of rotatable bonds is 4. The first kappa shape index (κ1) is 15.0. The Balaban J connectivity index is 2.29. The van der Waals surface area contributed by atoms with Gasteiger partial charge in [-0.1, -0.05) is 18.2 Å². The Morgan fingerprint density at radius 3 is 2.71 bits per heavy atom. The second-order valence-corrected chi connectivity index (χ2v) is 4.86. The number of aromatic nitrogens is 2. The van der Waals surface area contributed by atoms with E-state index in [-0.39, 0.29) is 11.9 Å². The van der Waals surface area contributed by atoms with Gasteiger partial charge in [0.05, 0.1) is 24.4 Å². The van der Waals surface area contributed by atoms with Crippen LogP contribution in [0.1, 0.15) is 34.6 Å². The van der Waals surface area contributed by atoms with Gasteiger partial charge in [-0.05, 0) is 19.9 Å². The predicted octanol–water partition coefficient (Wildman–Crippen LogP) is 2.63. The molecule has 0 spiro atoms. The Labute approximate surface area is 124 Å². The lowest BCUT2D eigenvalue weighted by Crippen LogP contribution is -2.30. The summed E-state index contributed by atoms with van der Waals surface area (Å²) in [6.07, 6.45) is 2.99. The number of ether oxygens (including phenoxy) is 1. The third kappa shape index (κ3) is 3.02. The van der Waals surface area contributed by atoms with Crippen molar-refractivity contribution >= 4 is 5.91 Å². The van der Waals surface area contributed by atoms with E-state index >= 15 is 0 Å². The van der Waals surface area contributed by atoms with Crippen LogP contribution in [0.2, 0.25) is 0 Å². The molecule has 1 atom stereocenters. The van der Waals surface area contributed by atoms with Crippen LogP contribution in [0.5, 0.6) is 5.75 Å². The number of carbonyl (C=O) groups is 1. The summed E-state index contributed by atoms with van der Waals surface area (Å²) in [6.45, 7) is 3.77. The molecule has 0 saturated carbocycles. The first-order chi connectivity index (χ1) is 10.1. The van der Waals surface area contributed by atoms with Crippen molar-refractivity contribution in [1.82, 2.24) is 14.9 Å². The number of methoxy groups -OCH3 is 1. The maximum atomic E-state index is 12.6. The molecule has 0 N–H and O–H groups in total. The van der Waals surface area contributed by atoms with Crippen molar-refractivity contribution in [3.63, 3.8) is 0 Å². The molecule has 1 heterocycles. The van der Waals surface area contributed by atoms with Crippen LogP contribution in [-0.4, -0.2) is 34.9 Å². The highest BCUT2D eigenvalue weighted by atomic mass is 16.5. The first-order valence-electron chi connectivity index (χ1n) is 6.73. The van der Waals surface area contributed by atoms with E-state index in [1.54, 1.807) is 32.2 Å². The average Bonchev–Trinajstić information content (AvgIpc) is 2.53. The first-order valence-corrected chi connectivity index (χ1v) is 6.73. The van der Waals surface area contributed by atoms with E-state index < -0.39 is 0 Å². The SMILES string of the molecule is COc1ccccc1C(C)N(C)C(=O)c1cncnc1C. The summed E-state index contributed by atoms with van der Waals surface area (Å²) in [7, 11) is 3.40. The third-order valence-electron chi connectivity index (χ3n) is 3.63. The molecule has 0 aliphatic rings. The van der Waals surface area contributed by atoms with Crippen LogP contribution in [0.15, 0.2) is 36.8 Å². The molecular weight excluding hydrogens is 266 g/mol. The van der Waals surface area contributed by atoms with Crippen molar-refractivity contribution in [2.24, 2.45) is 0 Å². The Morgan fingerprint density at radius 1 is 1.33 bits per heavy atom. The highest BCUT2D eigenvalue weighted by molar-refractivity contribution is 5.95. The zero-order chi connectivity index (χ0) is 15.4. The lowest BCUT2D eigenvalue weighted by atomic mass is 10.1. The number of aryl methyl sites for hydroxylation is 1. The standard InChI is InChI=1S/C16H19N3O2/c1-11-14(9-17-10-18-11)16(20)19(3)12(2)13-7-5-6-8-15(13)21-4/h5-10,12H,1-4H3. The molecule has 0 fully saturated rings. The summed E-state index contributed by atoms with van der Waals surface area (Å²) in [4.78, 5) is 22.3. The number of hydrogen-bond acceptors (Lipinski definition) is 4. The van der Waals surface area contributed by atoms with Gasteiger partial charge in [0.15, 0.2) is 0 Å². The maximum Gasteiger partial charge on any atom is 0.257 e. The normalized spacial score (nSPS) is 11.8. The summed E-state index contributed by atoms with van der Waals surface area (Å²) in [6, 6.07) is 7.58. The number of para-hydroxylation sites is 1. The molecule has 1 amide bonds. The van der Waals surface area contributed by atoms with Crippen molar-refractivity contribution in [3.05, 3.63) is 53.6 Å². The lowest BCUT2D eigenvalue weighted by molar-refractivity contribution is 0.0739. The summed E-state index contributed by atoms with van der Waals surface area (Å²) < 4.78 is 5.36. The van der Waals surface area contributed by atoms with Gasteiger partial charge in [-0.3, -0.25) is 4.79 Å². The van der Waals surface area contributed by atoms with Crippen LogP contribution in [0, 0.1) is 6.92 Å². The Hall–Kier alpha value is -2.43. The minimum Gasteiger partial charge on any atom is -0.496 e. The fraction of sp³-hybridized carbons (Fsp3) is 0.312. The lowest BCUT2D eigenvalue weighted by Gasteiger charge is -2.26. The van der Waals surface area contributed by atoms with E-state index in [9.17, 15) is 4.79 Å². The van der Waals surface area contributed by atoms with Crippen molar-refractivity contribution in [1.29, 1.82) is 0 Å². The molecule has 21 heavy (non-hydrogen) atoms. The van der Waals surface area contributed by atoms with Crippen LogP contribution in [0.25, 0.3) is 0 Å². The van der Waals surface area contributed by atoms with Gasteiger partial charge in [-0.15, -0.1) is 0 Å². The Morgan fingerprint density at radius 2 is 2.05 bits per heavy atom. The molecule has 2 rings (SSSR count). The quantitative estimate of drug-likeness (QED) is 0.866. The molecule has 0 aliphatic heterocycles. The minimum atomic E-state index is -0.117. The zero-order valence-corrected chi connectivity index (χ0v) is 12.7. The molecule has 1 aromatic carbocycles.